The molecule has 202 valence electrons. The number of ether oxygens (including phenoxy) is 3. The predicted molar refractivity (Wildman–Crippen MR) is 128 cm³/mol. The van der Waals surface area contributed by atoms with Gasteiger partial charge < -0.3 is 39.8 Å². The Morgan fingerprint density at radius 2 is 2.00 bits per heavy atom. The standard InChI is InChI=1S/C20H32N6O9S/c1-11-14(27)15(28)16(29)19(35-11)34-8-6-12(33-2)25-36(31,32)9-5-3-4-7-26-10-22-13-17(26)23-20(21)24-18(13)30/h10-11,14-16,19,27-29H,3-9H2,1-2H3,(H3,21,23,24,30)/t11-,14+,15+,16-,19-/m0/s1. The summed E-state index contributed by atoms with van der Waals surface area (Å²) in [6, 6.07) is 0. The summed E-state index contributed by atoms with van der Waals surface area (Å²) in [5.74, 6) is -0.277. The second kappa shape index (κ2) is 12.1. The number of aromatic amines is 1. The van der Waals surface area contributed by atoms with Crippen LogP contribution < -0.4 is 11.3 Å². The molecule has 1 saturated heterocycles. The quantitative estimate of drug-likeness (QED) is 0.126. The Labute approximate surface area is 207 Å². The second-order valence-corrected chi connectivity index (χ2v) is 10.2. The normalized spacial score (nSPS) is 25.4. The number of aryl methyl sites for hydroxylation is 1. The number of sulfonamides is 1. The molecule has 0 radical (unpaired) electrons. The number of H-pyrrole nitrogens is 1. The molecule has 0 saturated carbocycles. The van der Waals surface area contributed by atoms with Crippen LogP contribution in [0.4, 0.5) is 5.95 Å². The van der Waals surface area contributed by atoms with Crippen LogP contribution in [0.25, 0.3) is 11.2 Å². The first-order valence-corrected chi connectivity index (χ1v) is 13.0. The first-order valence-electron chi connectivity index (χ1n) is 11.4. The van der Waals surface area contributed by atoms with Crippen molar-refractivity contribution >= 4 is 33.0 Å². The van der Waals surface area contributed by atoms with Crippen LogP contribution in [0.2, 0.25) is 0 Å². The molecule has 1 aliphatic heterocycles. The van der Waals surface area contributed by atoms with Crippen molar-refractivity contribution in [3.8, 4) is 0 Å². The molecule has 0 aliphatic carbocycles. The summed E-state index contributed by atoms with van der Waals surface area (Å²) in [6.07, 6.45) is -3.08. The van der Waals surface area contributed by atoms with Gasteiger partial charge in [0.1, 0.15) is 18.3 Å². The van der Waals surface area contributed by atoms with Crippen molar-refractivity contribution in [2.45, 2.75) is 69.9 Å². The number of nitrogens with one attached hydrogen (secondary N) is 1. The van der Waals surface area contributed by atoms with Gasteiger partial charge in [-0.15, -0.1) is 4.40 Å². The molecule has 15 nitrogen and oxygen atoms in total. The van der Waals surface area contributed by atoms with Gasteiger partial charge >= 0.3 is 0 Å². The molecule has 1 aliphatic rings. The number of aliphatic hydroxyl groups excluding tert-OH is 3. The van der Waals surface area contributed by atoms with Gasteiger partial charge in [0, 0.05) is 13.0 Å². The van der Waals surface area contributed by atoms with Gasteiger partial charge in [-0.05, 0) is 19.8 Å². The smallest absolute Gasteiger partial charge is 0.280 e. The van der Waals surface area contributed by atoms with Gasteiger partial charge in [0.15, 0.2) is 17.5 Å². The highest BCUT2D eigenvalue weighted by molar-refractivity contribution is 7.90. The monoisotopic (exact) mass is 532 g/mol. The van der Waals surface area contributed by atoms with E-state index in [0.29, 0.717) is 31.5 Å². The molecule has 5 atom stereocenters. The lowest BCUT2D eigenvalue weighted by molar-refractivity contribution is -0.292. The van der Waals surface area contributed by atoms with E-state index >= 15 is 0 Å². The number of imidazole rings is 1. The lowest BCUT2D eigenvalue weighted by Gasteiger charge is -2.38. The lowest BCUT2D eigenvalue weighted by Crippen LogP contribution is -2.57. The van der Waals surface area contributed by atoms with Crippen molar-refractivity contribution in [3.63, 3.8) is 0 Å². The number of nitrogens with two attached hydrogens (primary N) is 1. The zero-order valence-corrected chi connectivity index (χ0v) is 20.8. The largest absolute Gasteiger partial charge is 0.484 e. The Kier molecular flexibility index (Phi) is 9.37. The van der Waals surface area contributed by atoms with Crippen LogP contribution >= 0.6 is 0 Å². The molecule has 36 heavy (non-hydrogen) atoms. The Hall–Kier alpha value is -2.63. The van der Waals surface area contributed by atoms with E-state index in [0.717, 1.165) is 0 Å². The van der Waals surface area contributed by atoms with Gasteiger partial charge in [0.05, 0.1) is 31.9 Å². The highest BCUT2D eigenvalue weighted by Crippen LogP contribution is 2.22. The SMILES string of the molecule is COC(CCO[C@H]1O[C@@H](C)[C@@H](O)[C@@H](O)[C@@H]1O)=NS(=O)(=O)CCCCCn1cnc2c(=O)[nH]c(N)nc21. The first kappa shape index (κ1) is 27.9. The maximum Gasteiger partial charge on any atom is 0.280 e. The summed E-state index contributed by atoms with van der Waals surface area (Å²) in [4.78, 5) is 22.3. The Bertz CT molecular complexity index is 1210. The zero-order chi connectivity index (χ0) is 26.5. The third-order valence-corrected chi connectivity index (χ3v) is 6.96. The van der Waals surface area contributed by atoms with Gasteiger partial charge in [-0.1, -0.05) is 6.42 Å². The Balaban J connectivity index is 1.43. The predicted octanol–water partition coefficient (Wildman–Crippen LogP) is -1.52. The van der Waals surface area contributed by atoms with Crippen molar-refractivity contribution in [2.75, 3.05) is 25.2 Å². The average molecular weight is 533 g/mol. The van der Waals surface area contributed by atoms with E-state index in [2.05, 4.69) is 19.3 Å². The molecule has 0 amide bonds. The zero-order valence-electron chi connectivity index (χ0n) is 20.0. The third-order valence-electron chi connectivity index (χ3n) is 5.68. The molecule has 1 fully saturated rings. The van der Waals surface area contributed by atoms with Crippen LogP contribution in [0.3, 0.4) is 0 Å². The number of aromatic nitrogens is 4. The van der Waals surface area contributed by atoms with Crippen LogP contribution in [0, 0.1) is 0 Å². The maximum atomic E-state index is 12.4. The lowest BCUT2D eigenvalue weighted by atomic mass is 10.0. The fourth-order valence-electron chi connectivity index (χ4n) is 3.68. The van der Waals surface area contributed by atoms with Crippen molar-refractivity contribution < 1.29 is 37.9 Å². The molecule has 3 heterocycles. The molecule has 16 heteroatoms. The molecule has 0 unspecified atom stereocenters. The number of nitrogens with zero attached hydrogens (tertiary/aromatic N) is 4. The highest BCUT2D eigenvalue weighted by atomic mass is 32.2. The minimum Gasteiger partial charge on any atom is -0.484 e. The summed E-state index contributed by atoms with van der Waals surface area (Å²) in [7, 11) is -2.52. The first-order chi connectivity index (χ1) is 17.0. The van der Waals surface area contributed by atoms with E-state index in [1.807, 2.05) is 0 Å². The average Bonchev–Trinajstić information content (AvgIpc) is 3.22. The van der Waals surface area contributed by atoms with Crippen molar-refractivity contribution in [2.24, 2.45) is 4.40 Å². The maximum absolute atomic E-state index is 12.4. The number of nitrogen functional groups attached to an aromatic ring is 1. The Morgan fingerprint density at radius 1 is 1.25 bits per heavy atom. The molecule has 2 aromatic heterocycles. The van der Waals surface area contributed by atoms with Crippen molar-refractivity contribution in [3.05, 3.63) is 16.7 Å². The van der Waals surface area contributed by atoms with E-state index in [1.165, 1.54) is 20.4 Å². The fourth-order valence-corrected chi connectivity index (χ4v) is 4.81. The summed E-state index contributed by atoms with van der Waals surface area (Å²) in [5, 5.41) is 29.5. The van der Waals surface area contributed by atoms with Crippen LogP contribution in [-0.2, 0) is 30.8 Å². The summed E-state index contributed by atoms with van der Waals surface area (Å²) >= 11 is 0. The number of hydrogen-bond donors (Lipinski definition) is 5. The third kappa shape index (κ3) is 6.98. The van der Waals surface area contributed by atoms with E-state index in [9.17, 15) is 28.5 Å². The summed E-state index contributed by atoms with van der Waals surface area (Å²) < 4.78 is 45.9. The second-order valence-electron chi connectivity index (χ2n) is 8.40. The van der Waals surface area contributed by atoms with Gasteiger partial charge in [-0.3, -0.25) is 9.78 Å². The van der Waals surface area contributed by atoms with E-state index < -0.39 is 46.3 Å². The van der Waals surface area contributed by atoms with Gasteiger partial charge in [0.25, 0.3) is 15.6 Å². The number of methoxy groups -OCH3 is 1. The molecule has 2 aromatic rings. The minimum absolute atomic E-state index is 0.00838. The number of hydrogen-bond acceptors (Lipinski definition) is 12. The molecule has 0 spiro atoms. The molecule has 3 rings (SSSR count). The highest BCUT2D eigenvalue weighted by Gasteiger charge is 2.42. The fraction of sp³-hybridized carbons (Fsp3) is 0.700. The minimum atomic E-state index is -3.80. The van der Waals surface area contributed by atoms with Crippen LogP contribution in [-0.4, -0.2) is 99.3 Å². The van der Waals surface area contributed by atoms with E-state index in [4.69, 9.17) is 19.9 Å². The summed E-state index contributed by atoms with van der Waals surface area (Å²) in [5.41, 5.74) is 5.71. The van der Waals surface area contributed by atoms with Crippen LogP contribution in [0.15, 0.2) is 15.5 Å². The molecule has 6 N–H and O–H groups in total. The van der Waals surface area contributed by atoms with E-state index in [1.54, 1.807) is 4.57 Å². The number of rotatable bonds is 11. The van der Waals surface area contributed by atoms with Crippen LogP contribution in [0.5, 0.6) is 0 Å². The Morgan fingerprint density at radius 3 is 2.72 bits per heavy atom. The van der Waals surface area contributed by atoms with Crippen molar-refractivity contribution in [1.29, 1.82) is 0 Å². The molecular weight excluding hydrogens is 500 g/mol. The number of anilines is 1. The van der Waals surface area contributed by atoms with Crippen molar-refractivity contribution in [1.82, 2.24) is 19.5 Å². The van der Waals surface area contributed by atoms with Crippen LogP contribution in [0.1, 0.15) is 32.6 Å². The topological polar surface area (TPSA) is 224 Å². The molecule has 0 aromatic carbocycles. The van der Waals surface area contributed by atoms with E-state index in [-0.39, 0.29) is 36.1 Å². The van der Waals surface area contributed by atoms with Gasteiger partial charge in [0.2, 0.25) is 11.8 Å². The number of unbranched alkanes of at least 4 members (excludes halogenated alkanes) is 2. The van der Waals surface area contributed by atoms with Gasteiger partial charge in [-0.25, -0.2) is 13.4 Å². The number of fused-ring (bicyclic) bond motifs is 1. The molecule has 0 bridgehead atoms. The summed E-state index contributed by atoms with van der Waals surface area (Å²) in [6.45, 7) is 1.91. The molecular formula is C20H32N6O9S. The van der Waals surface area contributed by atoms with Gasteiger partial charge in [-0.2, -0.15) is 4.98 Å². The number of aliphatic hydroxyl groups is 3.